The van der Waals surface area contributed by atoms with E-state index in [0.29, 0.717) is 16.1 Å². The third-order valence-corrected chi connectivity index (χ3v) is 7.47. The van der Waals surface area contributed by atoms with Gasteiger partial charge in [-0.25, -0.2) is 9.79 Å². The molecule has 0 fully saturated rings. The first kappa shape index (κ1) is 26.2. The average Bonchev–Trinajstić information content (AvgIpc) is 3.18. The van der Waals surface area contributed by atoms with E-state index < -0.39 is 33.9 Å². The van der Waals surface area contributed by atoms with E-state index in [1.165, 1.54) is 23.8 Å². The molecule has 1 aliphatic heterocycles. The summed E-state index contributed by atoms with van der Waals surface area (Å²) in [6, 6.07) is 9.33. The number of allylic oxidation sites excluding steroid dienone is 1. The minimum atomic E-state index is -0.767. The maximum absolute atomic E-state index is 13.7. The normalized spacial score (nSPS) is 15.2. The third-order valence-electron chi connectivity index (χ3n) is 5.74. The number of benzene rings is 2. The number of carbonyl (C=O) groups excluding carboxylic acids is 1. The fourth-order valence-corrected chi connectivity index (χ4v) is 5.49. The summed E-state index contributed by atoms with van der Waals surface area (Å²) in [5.41, 5.74) is 0.725. The molecule has 0 saturated carbocycles. The highest BCUT2D eigenvalue weighted by molar-refractivity contribution is 7.98. The summed E-state index contributed by atoms with van der Waals surface area (Å²) in [5.74, 6) is -1.26. The van der Waals surface area contributed by atoms with Crippen molar-refractivity contribution in [1.82, 2.24) is 4.57 Å². The van der Waals surface area contributed by atoms with Crippen LogP contribution < -0.4 is 19.6 Å². The van der Waals surface area contributed by atoms with Crippen molar-refractivity contribution in [3.8, 4) is 11.5 Å². The summed E-state index contributed by atoms with van der Waals surface area (Å²) in [6.45, 7) is 3.57. The molecule has 1 N–H and O–H groups in total. The second kappa shape index (κ2) is 10.6. The number of esters is 1. The van der Waals surface area contributed by atoms with Gasteiger partial charge in [0.15, 0.2) is 10.6 Å². The number of nitrogens with zero attached hydrogens (tertiary/aromatic N) is 3. The van der Waals surface area contributed by atoms with Crippen LogP contribution in [0.4, 0.5) is 5.69 Å². The van der Waals surface area contributed by atoms with Crippen molar-refractivity contribution in [3.63, 3.8) is 0 Å². The number of hydrogen-bond donors (Lipinski definition) is 1. The van der Waals surface area contributed by atoms with Gasteiger partial charge in [-0.2, -0.15) is 0 Å². The van der Waals surface area contributed by atoms with Crippen LogP contribution in [0.25, 0.3) is 6.08 Å². The molecule has 0 radical (unpaired) electrons. The number of fused-ring (bicyclic) bond motifs is 1. The van der Waals surface area contributed by atoms with E-state index in [4.69, 9.17) is 9.47 Å². The molecule has 0 unspecified atom stereocenters. The van der Waals surface area contributed by atoms with Gasteiger partial charge in [0.1, 0.15) is 0 Å². The van der Waals surface area contributed by atoms with Gasteiger partial charge < -0.3 is 14.6 Å². The molecule has 0 amide bonds. The van der Waals surface area contributed by atoms with Crippen molar-refractivity contribution in [1.29, 1.82) is 0 Å². The van der Waals surface area contributed by atoms with Crippen molar-refractivity contribution < 1.29 is 24.3 Å². The van der Waals surface area contributed by atoms with E-state index in [9.17, 15) is 24.8 Å². The number of rotatable bonds is 7. The molecule has 192 valence electrons. The predicted molar refractivity (Wildman–Crippen MR) is 140 cm³/mol. The molecule has 0 spiro atoms. The molecule has 0 aliphatic carbocycles. The monoisotopic (exact) mass is 541 g/mol. The Morgan fingerprint density at radius 3 is 2.62 bits per heavy atom. The van der Waals surface area contributed by atoms with Crippen LogP contribution in [0, 0.1) is 10.1 Å². The molecule has 4 rings (SSSR count). The van der Waals surface area contributed by atoms with E-state index in [0.717, 1.165) is 22.3 Å². The fraction of sp³-hybridized carbons (Fsp3) is 0.240. The summed E-state index contributed by atoms with van der Waals surface area (Å²) in [4.78, 5) is 43.3. The van der Waals surface area contributed by atoms with Crippen molar-refractivity contribution in [3.05, 3.63) is 88.6 Å². The van der Waals surface area contributed by atoms with Gasteiger partial charge in [0.25, 0.3) is 5.56 Å². The van der Waals surface area contributed by atoms with Crippen LogP contribution in [0.1, 0.15) is 31.0 Å². The Labute approximate surface area is 219 Å². The molecule has 12 heteroatoms. The maximum Gasteiger partial charge on any atom is 0.338 e. The molecule has 2 aromatic carbocycles. The van der Waals surface area contributed by atoms with Gasteiger partial charge in [0.2, 0.25) is 5.75 Å². The fourth-order valence-electron chi connectivity index (χ4n) is 4.04. The Balaban J connectivity index is 1.95. The lowest BCUT2D eigenvalue weighted by molar-refractivity contribution is -0.386. The zero-order valence-electron chi connectivity index (χ0n) is 20.4. The summed E-state index contributed by atoms with van der Waals surface area (Å²) >= 11 is 2.66. The number of ether oxygens (including phenoxy) is 2. The van der Waals surface area contributed by atoms with Gasteiger partial charge >= 0.3 is 11.7 Å². The van der Waals surface area contributed by atoms with E-state index in [1.54, 1.807) is 25.6 Å². The number of aromatic hydroxyl groups is 1. The van der Waals surface area contributed by atoms with Gasteiger partial charge in [0, 0.05) is 11.0 Å². The molecule has 1 aromatic heterocycles. The van der Waals surface area contributed by atoms with E-state index in [1.807, 2.05) is 30.5 Å². The van der Waals surface area contributed by atoms with Crippen LogP contribution in [0.15, 0.2) is 62.4 Å². The quantitative estimate of drug-likeness (QED) is 0.209. The number of phenols is 1. The van der Waals surface area contributed by atoms with E-state index in [2.05, 4.69) is 4.99 Å². The number of thiazole rings is 1. The summed E-state index contributed by atoms with van der Waals surface area (Å²) in [7, 11) is 1.28. The highest BCUT2D eigenvalue weighted by atomic mass is 32.2. The number of nitro benzene ring substituents is 1. The Morgan fingerprint density at radius 2 is 2.03 bits per heavy atom. The molecule has 1 atom stereocenters. The zero-order chi connectivity index (χ0) is 26.9. The number of aromatic nitrogens is 1. The Hall–Kier alpha value is -3.90. The minimum absolute atomic E-state index is 0.0968. The van der Waals surface area contributed by atoms with Crippen LogP contribution in [0.5, 0.6) is 11.5 Å². The number of nitro groups is 1. The first-order chi connectivity index (χ1) is 17.7. The third kappa shape index (κ3) is 4.89. The van der Waals surface area contributed by atoms with Gasteiger partial charge in [-0.15, -0.1) is 11.8 Å². The van der Waals surface area contributed by atoms with Crippen molar-refractivity contribution in [2.24, 2.45) is 4.99 Å². The van der Waals surface area contributed by atoms with Gasteiger partial charge in [-0.05, 0) is 55.5 Å². The van der Waals surface area contributed by atoms with Crippen LogP contribution in [-0.2, 0) is 9.53 Å². The number of methoxy groups -OCH3 is 1. The second-order valence-corrected chi connectivity index (χ2v) is 9.81. The molecule has 10 nitrogen and oxygen atoms in total. The van der Waals surface area contributed by atoms with Crippen molar-refractivity contribution in [2.75, 3.05) is 20.0 Å². The largest absolute Gasteiger partial charge is 0.500 e. The number of carbonyl (C=O) groups is 1. The highest BCUT2D eigenvalue weighted by Gasteiger charge is 2.33. The van der Waals surface area contributed by atoms with Gasteiger partial charge in [-0.1, -0.05) is 23.5 Å². The second-order valence-electron chi connectivity index (χ2n) is 7.92. The lowest BCUT2D eigenvalue weighted by Gasteiger charge is -2.24. The Bertz CT molecular complexity index is 1600. The predicted octanol–water partition coefficient (Wildman–Crippen LogP) is 3.14. The standard InChI is InChI=1S/C25H23N3O7S2/c1-5-35-24(31)20-13(2)26-25-27(21(20)15-6-8-16(36-4)9-7-15)23(30)19(37-25)12-14-10-17(28(32)33)22(29)18(11-14)34-3/h6-12,21,29H,5H2,1-4H3/b19-12-/t21-/m1/s1. The van der Waals surface area contributed by atoms with Gasteiger partial charge in [-0.3, -0.25) is 19.5 Å². The van der Waals surface area contributed by atoms with Gasteiger partial charge in [0.05, 0.1) is 40.5 Å². The Morgan fingerprint density at radius 1 is 1.32 bits per heavy atom. The summed E-state index contributed by atoms with van der Waals surface area (Å²) in [6.07, 6.45) is 3.42. The number of hydrogen-bond acceptors (Lipinski definition) is 10. The lowest BCUT2D eigenvalue weighted by atomic mass is 9.96. The lowest BCUT2D eigenvalue weighted by Crippen LogP contribution is -2.39. The summed E-state index contributed by atoms with van der Waals surface area (Å²) in [5, 5.41) is 21.5. The topological polar surface area (TPSA) is 133 Å². The van der Waals surface area contributed by atoms with E-state index in [-0.39, 0.29) is 28.0 Å². The minimum Gasteiger partial charge on any atom is -0.500 e. The zero-order valence-corrected chi connectivity index (χ0v) is 22.0. The molecule has 0 bridgehead atoms. The smallest absolute Gasteiger partial charge is 0.338 e. The summed E-state index contributed by atoms with van der Waals surface area (Å²) < 4.78 is 12.0. The van der Waals surface area contributed by atoms with Crippen LogP contribution >= 0.6 is 23.1 Å². The van der Waals surface area contributed by atoms with Crippen LogP contribution in [0.3, 0.4) is 0 Å². The van der Waals surface area contributed by atoms with Crippen molar-refractivity contribution in [2.45, 2.75) is 24.8 Å². The molecule has 2 heterocycles. The average molecular weight is 542 g/mol. The molecular weight excluding hydrogens is 518 g/mol. The number of phenolic OH excluding ortho intramolecular Hbond substituents is 1. The molecular formula is C25H23N3O7S2. The maximum atomic E-state index is 13.7. The SMILES string of the molecule is CCOC(=O)C1=C(C)N=c2s/c(=C\c3cc(OC)c(O)c([N+](=O)[O-])c3)c(=O)n2[C@@H]1c1ccc(SC)cc1. The first-order valence-corrected chi connectivity index (χ1v) is 13.1. The highest BCUT2D eigenvalue weighted by Crippen LogP contribution is 2.37. The van der Waals surface area contributed by atoms with Crippen LogP contribution in [0.2, 0.25) is 0 Å². The first-order valence-electron chi connectivity index (χ1n) is 11.1. The van der Waals surface area contributed by atoms with Crippen LogP contribution in [-0.4, -0.2) is 40.5 Å². The Kier molecular flexibility index (Phi) is 7.50. The molecule has 1 aliphatic rings. The van der Waals surface area contributed by atoms with E-state index >= 15 is 0 Å². The molecule has 3 aromatic rings. The number of thioether (sulfide) groups is 1. The van der Waals surface area contributed by atoms with Crippen molar-refractivity contribution >= 4 is 40.8 Å². The molecule has 0 saturated heterocycles. The molecule has 37 heavy (non-hydrogen) atoms.